The molecule has 3 aromatic carbocycles. The van der Waals surface area contributed by atoms with Crippen molar-refractivity contribution in [1.82, 2.24) is 0 Å². The highest BCUT2D eigenvalue weighted by molar-refractivity contribution is 6.10. The van der Waals surface area contributed by atoms with E-state index in [9.17, 15) is 10.0 Å². The molecule has 0 saturated heterocycles. The van der Waals surface area contributed by atoms with Crippen molar-refractivity contribution in [1.29, 1.82) is 0 Å². The van der Waals surface area contributed by atoms with E-state index in [1.54, 1.807) is 18.2 Å². The molecule has 0 heterocycles. The molecule has 4 heteroatoms. The molecular formula is C19H15NO3. The normalized spacial score (nSPS) is 12.6. The van der Waals surface area contributed by atoms with E-state index >= 15 is 0 Å². The van der Waals surface area contributed by atoms with Gasteiger partial charge in [-0.25, -0.2) is 5.21 Å². The van der Waals surface area contributed by atoms with Crippen LogP contribution in [0.5, 0.6) is 0 Å². The maximum absolute atomic E-state index is 12.3. The lowest BCUT2D eigenvalue weighted by Crippen LogP contribution is -2.99. The second-order valence-corrected chi connectivity index (χ2v) is 5.12. The van der Waals surface area contributed by atoms with Crippen LogP contribution in [0.4, 0.5) is 5.69 Å². The topological polar surface area (TPSA) is 64.8 Å². The number of benzene rings is 3. The van der Waals surface area contributed by atoms with Crippen LogP contribution in [0.25, 0.3) is 16.8 Å². The summed E-state index contributed by atoms with van der Waals surface area (Å²) in [5, 5.41) is 21.4. The number of hydrogen-bond donors (Lipinski definition) is 2. The third-order valence-electron chi connectivity index (χ3n) is 3.66. The second-order valence-electron chi connectivity index (χ2n) is 5.12. The van der Waals surface area contributed by atoms with Gasteiger partial charge < -0.3 is 5.21 Å². The van der Waals surface area contributed by atoms with Gasteiger partial charge in [0.1, 0.15) is 0 Å². The average molecular weight is 305 g/mol. The largest absolute Gasteiger partial charge is 0.595 e. The Bertz CT molecular complexity index is 879. The van der Waals surface area contributed by atoms with Crippen molar-refractivity contribution >= 4 is 28.3 Å². The van der Waals surface area contributed by atoms with E-state index in [-0.39, 0.29) is 17.0 Å². The first-order valence-corrected chi connectivity index (χ1v) is 7.19. The summed E-state index contributed by atoms with van der Waals surface area (Å²) in [6, 6.07) is 20.0. The summed E-state index contributed by atoms with van der Waals surface area (Å²) in [4.78, 5) is 12.3. The van der Waals surface area contributed by atoms with Crippen molar-refractivity contribution in [2.45, 2.75) is 0 Å². The second kappa shape index (κ2) is 6.54. The van der Waals surface area contributed by atoms with Gasteiger partial charge in [0.15, 0.2) is 11.5 Å². The smallest absolute Gasteiger partial charge is 0.191 e. The van der Waals surface area contributed by atoms with Gasteiger partial charge in [0.2, 0.25) is 0 Å². The van der Waals surface area contributed by atoms with Crippen LogP contribution in [-0.4, -0.2) is 11.0 Å². The molecule has 0 bridgehead atoms. The zero-order valence-corrected chi connectivity index (χ0v) is 12.3. The minimum absolute atomic E-state index is 0.0140. The van der Waals surface area contributed by atoms with Gasteiger partial charge in [-0.3, -0.25) is 4.79 Å². The number of allylic oxidation sites excluding steroid dienone is 1. The monoisotopic (exact) mass is 305 g/mol. The SMILES string of the molecule is O=C(/C=C/c1cccc2ccccc12)c1ccccc1[NH+]([O-])O. The number of para-hydroxylation sites is 1. The number of carbonyl (C=O) groups is 1. The Labute approximate surface area is 133 Å². The Morgan fingerprint density at radius 2 is 1.65 bits per heavy atom. The van der Waals surface area contributed by atoms with Crippen molar-refractivity contribution in [2.75, 3.05) is 0 Å². The molecule has 0 aliphatic rings. The fraction of sp³-hybridized carbons (Fsp3) is 0. The Hall–Kier alpha value is -2.79. The molecule has 0 aromatic heterocycles. The van der Waals surface area contributed by atoms with Gasteiger partial charge in [-0.1, -0.05) is 60.7 Å². The number of hydrogen-bond acceptors (Lipinski definition) is 3. The van der Waals surface area contributed by atoms with Crippen molar-refractivity contribution < 1.29 is 15.2 Å². The van der Waals surface area contributed by atoms with Gasteiger partial charge in [-0.15, -0.1) is 0 Å². The van der Waals surface area contributed by atoms with Crippen LogP contribution in [-0.2, 0) is 0 Å². The summed E-state index contributed by atoms with van der Waals surface area (Å²) in [5.41, 5.74) is 1.13. The summed E-state index contributed by atoms with van der Waals surface area (Å²) in [7, 11) is 0. The van der Waals surface area contributed by atoms with Crippen LogP contribution in [0.15, 0.2) is 72.8 Å². The predicted molar refractivity (Wildman–Crippen MR) is 89.5 cm³/mol. The lowest BCUT2D eigenvalue weighted by molar-refractivity contribution is -0.991. The van der Waals surface area contributed by atoms with Gasteiger partial charge >= 0.3 is 0 Å². The van der Waals surface area contributed by atoms with E-state index in [0.29, 0.717) is 0 Å². The quantitative estimate of drug-likeness (QED) is 0.442. The Morgan fingerprint density at radius 3 is 2.48 bits per heavy atom. The van der Waals surface area contributed by atoms with Gasteiger partial charge in [0, 0.05) is 6.07 Å². The van der Waals surface area contributed by atoms with Gasteiger partial charge in [-0.2, -0.15) is 5.23 Å². The highest BCUT2D eigenvalue weighted by Gasteiger charge is 2.13. The van der Waals surface area contributed by atoms with Gasteiger partial charge in [-0.05, 0) is 28.5 Å². The first kappa shape index (κ1) is 15.1. The van der Waals surface area contributed by atoms with Gasteiger partial charge in [0.05, 0.1) is 5.56 Å². The molecule has 4 nitrogen and oxygen atoms in total. The summed E-state index contributed by atoms with van der Waals surface area (Å²) in [6.45, 7) is 0. The minimum atomic E-state index is -1.10. The maximum Gasteiger partial charge on any atom is 0.191 e. The van der Waals surface area contributed by atoms with Crippen LogP contribution in [0.1, 0.15) is 15.9 Å². The first-order valence-electron chi connectivity index (χ1n) is 7.19. The molecule has 3 aromatic rings. The molecule has 2 N–H and O–H groups in total. The summed E-state index contributed by atoms with van der Waals surface area (Å²) in [6.07, 6.45) is 3.15. The Morgan fingerprint density at radius 1 is 0.957 bits per heavy atom. The van der Waals surface area contributed by atoms with Crippen molar-refractivity contribution in [3.05, 3.63) is 89.1 Å². The highest BCUT2D eigenvalue weighted by Crippen LogP contribution is 2.20. The molecule has 0 amide bonds. The number of carbonyl (C=O) groups excluding carboxylic acids is 1. The molecule has 1 unspecified atom stereocenters. The van der Waals surface area contributed by atoms with Crippen LogP contribution in [0.3, 0.4) is 0 Å². The molecule has 0 radical (unpaired) electrons. The summed E-state index contributed by atoms with van der Waals surface area (Å²) >= 11 is 0. The highest BCUT2D eigenvalue weighted by atomic mass is 16.8. The van der Waals surface area contributed by atoms with Crippen molar-refractivity contribution in [3.63, 3.8) is 0 Å². The molecule has 0 saturated carbocycles. The maximum atomic E-state index is 12.3. The minimum Gasteiger partial charge on any atom is -0.595 e. The molecule has 114 valence electrons. The standard InChI is InChI=1S/C19H15NO3/c21-19(17-10-3-4-11-18(17)20(22)23)13-12-15-8-5-7-14-6-1-2-9-16(14)15/h1-13,20,22H/b13-12+. The van der Waals surface area contributed by atoms with Crippen LogP contribution in [0, 0.1) is 5.21 Å². The summed E-state index contributed by atoms with van der Waals surface area (Å²) < 4.78 is 0. The van der Waals surface area contributed by atoms with Crippen molar-refractivity contribution in [2.24, 2.45) is 0 Å². The van der Waals surface area contributed by atoms with E-state index in [4.69, 9.17) is 5.21 Å². The zero-order valence-electron chi connectivity index (χ0n) is 12.3. The number of nitrogens with one attached hydrogen (secondary N) is 1. The fourth-order valence-corrected chi connectivity index (χ4v) is 2.54. The lowest BCUT2D eigenvalue weighted by atomic mass is 10.0. The molecule has 23 heavy (non-hydrogen) atoms. The number of fused-ring (bicyclic) bond motifs is 1. The third-order valence-corrected chi connectivity index (χ3v) is 3.66. The Kier molecular flexibility index (Phi) is 4.30. The molecule has 3 rings (SSSR count). The van der Waals surface area contributed by atoms with Crippen LogP contribution < -0.4 is 5.23 Å². The predicted octanol–water partition coefficient (Wildman–Crippen LogP) is 3.14. The lowest BCUT2D eigenvalue weighted by Gasteiger charge is -2.13. The fourth-order valence-electron chi connectivity index (χ4n) is 2.54. The molecule has 0 spiro atoms. The van der Waals surface area contributed by atoms with Crippen LogP contribution in [0.2, 0.25) is 0 Å². The van der Waals surface area contributed by atoms with E-state index in [2.05, 4.69) is 0 Å². The molecular weight excluding hydrogens is 290 g/mol. The molecule has 0 aliphatic heterocycles. The third kappa shape index (κ3) is 3.19. The molecule has 1 atom stereocenters. The molecule has 0 aliphatic carbocycles. The number of ketones is 1. The van der Waals surface area contributed by atoms with E-state index in [0.717, 1.165) is 16.3 Å². The zero-order chi connectivity index (χ0) is 16.2. The van der Waals surface area contributed by atoms with Crippen molar-refractivity contribution in [3.8, 4) is 0 Å². The average Bonchev–Trinajstić information content (AvgIpc) is 2.59. The number of rotatable bonds is 4. The summed E-state index contributed by atoms with van der Waals surface area (Å²) in [5.74, 6) is -0.323. The van der Waals surface area contributed by atoms with E-state index < -0.39 is 5.23 Å². The molecule has 0 fully saturated rings. The van der Waals surface area contributed by atoms with Crippen LogP contribution >= 0.6 is 0 Å². The van der Waals surface area contributed by atoms with E-state index in [1.165, 1.54) is 18.2 Å². The first-order chi connectivity index (χ1) is 11.2. The van der Waals surface area contributed by atoms with Gasteiger partial charge in [0.25, 0.3) is 0 Å². The Balaban J connectivity index is 1.95. The van der Waals surface area contributed by atoms with E-state index in [1.807, 2.05) is 42.5 Å². The number of quaternary nitrogens is 1.